The van der Waals surface area contributed by atoms with Gasteiger partial charge in [-0.3, -0.25) is 0 Å². The summed E-state index contributed by atoms with van der Waals surface area (Å²) in [4.78, 5) is 11.0. The molecular formula is C14H12O4. The van der Waals surface area contributed by atoms with Gasteiger partial charge in [-0.15, -0.1) is 0 Å². The number of allylic oxidation sites excluding steroid dienone is 2. The number of carbonyl (C=O) groups is 1. The van der Waals surface area contributed by atoms with Crippen molar-refractivity contribution in [3.05, 3.63) is 54.8 Å². The van der Waals surface area contributed by atoms with Crippen LogP contribution in [0, 0.1) is 0 Å². The van der Waals surface area contributed by atoms with Gasteiger partial charge in [0, 0.05) is 6.08 Å². The normalized spacial score (nSPS) is 13.1. The summed E-state index contributed by atoms with van der Waals surface area (Å²) >= 11 is 0. The van der Waals surface area contributed by atoms with Gasteiger partial charge in [0.15, 0.2) is 11.5 Å². The van der Waals surface area contributed by atoms with Gasteiger partial charge in [0.1, 0.15) is 0 Å². The smallest absolute Gasteiger partial charge is 0.335 e. The first-order valence-electron chi connectivity index (χ1n) is 5.35. The predicted octanol–water partition coefficient (Wildman–Crippen LogP) is 2.67. The van der Waals surface area contributed by atoms with Crippen LogP contribution in [-0.4, -0.2) is 12.8 Å². The SMILES string of the molecule is C=COC(=O)C=CC=Cc1ccc2c(c1)OCO2. The van der Waals surface area contributed by atoms with E-state index in [1.807, 2.05) is 24.3 Å². The van der Waals surface area contributed by atoms with Crippen LogP contribution in [-0.2, 0) is 9.53 Å². The van der Waals surface area contributed by atoms with Crippen LogP contribution in [0.1, 0.15) is 5.56 Å². The average Bonchev–Trinajstić information content (AvgIpc) is 2.82. The van der Waals surface area contributed by atoms with E-state index in [-0.39, 0.29) is 6.79 Å². The third-order valence-corrected chi connectivity index (χ3v) is 2.23. The molecule has 0 saturated heterocycles. The molecule has 92 valence electrons. The van der Waals surface area contributed by atoms with E-state index in [2.05, 4.69) is 11.3 Å². The van der Waals surface area contributed by atoms with E-state index in [1.165, 1.54) is 6.08 Å². The maximum absolute atomic E-state index is 11.0. The fourth-order valence-electron chi connectivity index (χ4n) is 1.44. The van der Waals surface area contributed by atoms with Crippen LogP contribution in [0.15, 0.2) is 49.3 Å². The zero-order chi connectivity index (χ0) is 12.8. The fourth-order valence-corrected chi connectivity index (χ4v) is 1.44. The van der Waals surface area contributed by atoms with Gasteiger partial charge in [0.25, 0.3) is 0 Å². The van der Waals surface area contributed by atoms with Crippen LogP contribution >= 0.6 is 0 Å². The number of rotatable bonds is 4. The summed E-state index contributed by atoms with van der Waals surface area (Å²) in [6.45, 7) is 3.55. The van der Waals surface area contributed by atoms with E-state index in [0.29, 0.717) is 0 Å². The van der Waals surface area contributed by atoms with Crippen LogP contribution < -0.4 is 9.47 Å². The quantitative estimate of drug-likeness (QED) is 0.353. The van der Waals surface area contributed by atoms with Gasteiger partial charge >= 0.3 is 5.97 Å². The zero-order valence-corrected chi connectivity index (χ0v) is 9.67. The zero-order valence-electron chi connectivity index (χ0n) is 9.67. The molecule has 1 aliphatic rings. The highest BCUT2D eigenvalue weighted by Crippen LogP contribution is 2.32. The predicted molar refractivity (Wildman–Crippen MR) is 67.0 cm³/mol. The Morgan fingerprint density at radius 3 is 2.94 bits per heavy atom. The lowest BCUT2D eigenvalue weighted by Gasteiger charge is -1.96. The molecule has 18 heavy (non-hydrogen) atoms. The lowest BCUT2D eigenvalue weighted by molar-refractivity contribution is -0.132. The van der Waals surface area contributed by atoms with E-state index >= 15 is 0 Å². The van der Waals surface area contributed by atoms with Crippen LogP contribution in [0.2, 0.25) is 0 Å². The summed E-state index contributed by atoms with van der Waals surface area (Å²) in [6.07, 6.45) is 7.58. The lowest BCUT2D eigenvalue weighted by atomic mass is 10.2. The summed E-state index contributed by atoms with van der Waals surface area (Å²) < 4.78 is 15.0. The van der Waals surface area contributed by atoms with Crippen molar-refractivity contribution in [3.63, 3.8) is 0 Å². The van der Waals surface area contributed by atoms with Crippen molar-refractivity contribution in [2.75, 3.05) is 6.79 Å². The molecule has 4 heteroatoms. The van der Waals surface area contributed by atoms with E-state index in [0.717, 1.165) is 23.3 Å². The van der Waals surface area contributed by atoms with Crippen molar-refractivity contribution in [1.82, 2.24) is 0 Å². The number of esters is 1. The number of benzene rings is 1. The molecule has 1 aliphatic heterocycles. The van der Waals surface area contributed by atoms with Gasteiger partial charge in [-0.25, -0.2) is 4.79 Å². The molecule has 0 atom stereocenters. The molecule has 0 saturated carbocycles. The Hall–Kier alpha value is -2.49. The molecule has 4 nitrogen and oxygen atoms in total. The molecule has 1 heterocycles. The molecule has 0 bridgehead atoms. The highest BCUT2D eigenvalue weighted by atomic mass is 16.7. The minimum Gasteiger partial charge on any atom is -0.454 e. The molecule has 2 rings (SSSR count). The van der Waals surface area contributed by atoms with Crippen molar-refractivity contribution >= 4 is 12.0 Å². The molecule has 0 radical (unpaired) electrons. The number of hydrogen-bond acceptors (Lipinski definition) is 4. The van der Waals surface area contributed by atoms with Gasteiger partial charge in [0.2, 0.25) is 6.79 Å². The fraction of sp³-hybridized carbons (Fsp3) is 0.0714. The molecule has 1 aromatic carbocycles. The summed E-state index contributed by atoms with van der Waals surface area (Å²) in [6, 6.07) is 5.62. The molecule has 0 spiro atoms. The molecule has 0 aliphatic carbocycles. The first kappa shape index (κ1) is 12.0. The monoisotopic (exact) mass is 244 g/mol. The standard InChI is InChI=1S/C14H12O4/c1-2-16-14(15)6-4-3-5-11-7-8-12-13(9-11)18-10-17-12/h2-9H,1,10H2. The number of carbonyl (C=O) groups excluding carboxylic acids is 1. The minimum absolute atomic E-state index is 0.260. The average molecular weight is 244 g/mol. The van der Waals surface area contributed by atoms with E-state index in [1.54, 1.807) is 12.2 Å². The van der Waals surface area contributed by atoms with Crippen molar-refractivity contribution < 1.29 is 19.0 Å². The van der Waals surface area contributed by atoms with Crippen molar-refractivity contribution in [3.8, 4) is 11.5 Å². The highest BCUT2D eigenvalue weighted by Gasteiger charge is 2.11. The van der Waals surface area contributed by atoms with Crippen molar-refractivity contribution in [2.24, 2.45) is 0 Å². The van der Waals surface area contributed by atoms with Crippen molar-refractivity contribution in [2.45, 2.75) is 0 Å². The lowest BCUT2D eigenvalue weighted by Crippen LogP contribution is -1.92. The summed E-state index contributed by atoms with van der Waals surface area (Å²) in [5, 5.41) is 0. The third-order valence-electron chi connectivity index (χ3n) is 2.23. The maximum atomic E-state index is 11.0. The maximum Gasteiger partial charge on any atom is 0.335 e. The Morgan fingerprint density at radius 2 is 2.11 bits per heavy atom. The van der Waals surface area contributed by atoms with E-state index in [9.17, 15) is 4.79 Å². The van der Waals surface area contributed by atoms with Crippen LogP contribution in [0.25, 0.3) is 6.08 Å². The largest absolute Gasteiger partial charge is 0.454 e. The molecule has 1 aromatic rings. The Balaban J connectivity index is 1.97. The number of hydrogen-bond donors (Lipinski definition) is 0. The molecular weight excluding hydrogens is 232 g/mol. The number of fused-ring (bicyclic) bond motifs is 1. The Labute approximate surface area is 105 Å². The first-order chi connectivity index (χ1) is 8.79. The van der Waals surface area contributed by atoms with Gasteiger partial charge < -0.3 is 14.2 Å². The van der Waals surface area contributed by atoms with Crippen LogP contribution in [0.5, 0.6) is 11.5 Å². The summed E-state index contributed by atoms with van der Waals surface area (Å²) in [5.41, 5.74) is 0.959. The molecule has 0 fully saturated rings. The molecule has 0 unspecified atom stereocenters. The second-order valence-electron chi connectivity index (χ2n) is 3.43. The summed E-state index contributed by atoms with van der Waals surface area (Å²) in [5.74, 6) is 1.02. The van der Waals surface area contributed by atoms with Crippen LogP contribution in [0.4, 0.5) is 0 Å². The van der Waals surface area contributed by atoms with Crippen LogP contribution in [0.3, 0.4) is 0 Å². The topological polar surface area (TPSA) is 44.8 Å². The minimum atomic E-state index is -0.458. The van der Waals surface area contributed by atoms with Gasteiger partial charge in [-0.2, -0.15) is 0 Å². The highest BCUT2D eigenvalue weighted by molar-refractivity contribution is 5.82. The van der Waals surface area contributed by atoms with Gasteiger partial charge in [-0.05, 0) is 17.7 Å². The Kier molecular flexibility index (Phi) is 3.81. The molecule has 0 amide bonds. The van der Waals surface area contributed by atoms with Gasteiger partial charge in [0.05, 0.1) is 6.26 Å². The summed E-state index contributed by atoms with van der Waals surface area (Å²) in [7, 11) is 0. The number of ether oxygens (including phenoxy) is 3. The van der Waals surface area contributed by atoms with E-state index < -0.39 is 5.97 Å². The molecule has 0 aromatic heterocycles. The Morgan fingerprint density at radius 1 is 1.28 bits per heavy atom. The Bertz CT molecular complexity index is 515. The molecule has 0 N–H and O–H groups in total. The third kappa shape index (κ3) is 3.01. The van der Waals surface area contributed by atoms with Crippen molar-refractivity contribution in [1.29, 1.82) is 0 Å². The first-order valence-corrected chi connectivity index (χ1v) is 5.35. The van der Waals surface area contributed by atoms with Gasteiger partial charge in [-0.1, -0.05) is 30.9 Å². The second kappa shape index (κ2) is 5.72. The second-order valence-corrected chi connectivity index (χ2v) is 3.43. The van der Waals surface area contributed by atoms with E-state index in [4.69, 9.17) is 9.47 Å².